The number of nitrogens with one attached hydrogen (secondary N) is 1. The molecule has 3 aromatic carbocycles. The quantitative estimate of drug-likeness (QED) is 0.414. The molecule has 10 heteroatoms. The molecule has 0 saturated carbocycles. The minimum atomic E-state index is -2.15. The Labute approximate surface area is 210 Å². The molecule has 0 saturated heterocycles. The van der Waals surface area contributed by atoms with E-state index in [1.165, 1.54) is 48.5 Å². The Balaban J connectivity index is 1.90. The van der Waals surface area contributed by atoms with Gasteiger partial charge in [0.1, 0.15) is 0 Å². The third-order valence-electron chi connectivity index (χ3n) is 4.69. The third kappa shape index (κ3) is 7.05. The van der Waals surface area contributed by atoms with Gasteiger partial charge in [0.15, 0.2) is 0 Å². The van der Waals surface area contributed by atoms with Gasteiger partial charge in [0.2, 0.25) is 12.2 Å². The predicted octanol–water partition coefficient (Wildman–Crippen LogP) is 4.78. The molecule has 0 spiro atoms. The number of benzene rings is 3. The molecule has 0 unspecified atom stereocenters. The molecule has 0 aliphatic rings. The Morgan fingerprint density at radius 1 is 0.771 bits per heavy atom. The first-order valence-electron chi connectivity index (χ1n) is 10.2. The van der Waals surface area contributed by atoms with Crippen molar-refractivity contribution in [2.75, 3.05) is 5.32 Å². The van der Waals surface area contributed by atoms with Crippen molar-refractivity contribution in [2.24, 2.45) is 0 Å². The number of halogens is 2. The molecule has 0 aliphatic carbocycles. The predicted molar refractivity (Wildman–Crippen MR) is 129 cm³/mol. The summed E-state index contributed by atoms with van der Waals surface area (Å²) in [6.07, 6.45) is -4.17. The zero-order chi connectivity index (χ0) is 25.5. The van der Waals surface area contributed by atoms with Crippen LogP contribution in [0.2, 0.25) is 10.0 Å². The second-order valence-electron chi connectivity index (χ2n) is 7.36. The van der Waals surface area contributed by atoms with Crippen LogP contribution in [0.1, 0.15) is 26.3 Å². The number of aliphatic carboxylic acids is 1. The molecule has 3 rings (SSSR count). The molecule has 0 heterocycles. The molecule has 8 nitrogen and oxygen atoms in total. The lowest BCUT2D eigenvalue weighted by Gasteiger charge is -2.23. The Hall–Kier alpha value is -3.88. The number of carboxylic acid groups (broad SMARTS) is 1. The fourth-order valence-electron chi connectivity index (χ4n) is 2.97. The zero-order valence-corrected chi connectivity index (χ0v) is 19.7. The van der Waals surface area contributed by atoms with E-state index in [1.807, 2.05) is 0 Å². The average molecular weight is 516 g/mol. The van der Waals surface area contributed by atoms with Gasteiger partial charge in [0.05, 0.1) is 11.1 Å². The highest BCUT2D eigenvalue weighted by Crippen LogP contribution is 2.18. The van der Waals surface area contributed by atoms with Gasteiger partial charge in [-0.3, -0.25) is 4.79 Å². The fraction of sp³-hybridized carbons (Fsp3) is 0.120. The van der Waals surface area contributed by atoms with E-state index in [1.54, 1.807) is 31.2 Å². The summed E-state index contributed by atoms with van der Waals surface area (Å²) in [6, 6.07) is 17.7. The minimum absolute atomic E-state index is 0.0101. The molecular weight excluding hydrogens is 497 g/mol. The maximum atomic E-state index is 13.1. The van der Waals surface area contributed by atoms with Crippen LogP contribution < -0.4 is 5.32 Å². The lowest BCUT2D eigenvalue weighted by molar-refractivity contribution is -0.157. The molecule has 0 bridgehead atoms. The average Bonchev–Trinajstić information content (AvgIpc) is 2.81. The number of amides is 1. The minimum Gasteiger partial charge on any atom is -0.478 e. The first kappa shape index (κ1) is 25.7. The van der Waals surface area contributed by atoms with Crippen LogP contribution in [0.15, 0.2) is 72.8 Å². The summed E-state index contributed by atoms with van der Waals surface area (Å²) >= 11 is 11.6. The van der Waals surface area contributed by atoms with Gasteiger partial charge in [-0.25, -0.2) is 14.4 Å². The fourth-order valence-corrected chi connectivity index (χ4v) is 3.22. The maximum absolute atomic E-state index is 13.1. The molecule has 2 atom stereocenters. The van der Waals surface area contributed by atoms with Crippen LogP contribution in [-0.4, -0.2) is 41.1 Å². The van der Waals surface area contributed by atoms with Gasteiger partial charge in [-0.2, -0.15) is 0 Å². The van der Waals surface area contributed by atoms with Crippen molar-refractivity contribution < 1.29 is 33.8 Å². The van der Waals surface area contributed by atoms with Gasteiger partial charge in [-0.05, 0) is 73.2 Å². The van der Waals surface area contributed by atoms with Gasteiger partial charge in [0.25, 0.3) is 5.91 Å². The highest BCUT2D eigenvalue weighted by molar-refractivity contribution is 6.31. The van der Waals surface area contributed by atoms with Crippen molar-refractivity contribution in [3.63, 3.8) is 0 Å². The molecule has 0 aliphatic heterocycles. The number of hydrogen-bond donors (Lipinski definition) is 2. The van der Waals surface area contributed by atoms with Crippen LogP contribution in [-0.2, 0) is 19.1 Å². The Kier molecular flexibility index (Phi) is 8.46. The highest BCUT2D eigenvalue weighted by Gasteiger charge is 2.41. The molecule has 2 N–H and O–H groups in total. The van der Waals surface area contributed by atoms with E-state index in [2.05, 4.69) is 5.32 Å². The number of ether oxygens (including phenoxy) is 2. The largest absolute Gasteiger partial charge is 0.478 e. The number of carbonyl (C=O) groups excluding carboxylic acids is 3. The zero-order valence-electron chi connectivity index (χ0n) is 18.2. The number of anilines is 1. The van der Waals surface area contributed by atoms with Crippen LogP contribution in [0.3, 0.4) is 0 Å². The number of esters is 2. The van der Waals surface area contributed by atoms with Crippen LogP contribution in [0.4, 0.5) is 5.69 Å². The van der Waals surface area contributed by atoms with Crippen molar-refractivity contribution in [3.8, 4) is 0 Å². The van der Waals surface area contributed by atoms with E-state index >= 15 is 0 Å². The van der Waals surface area contributed by atoms with E-state index in [4.69, 9.17) is 32.7 Å². The van der Waals surface area contributed by atoms with Crippen LogP contribution in [0.25, 0.3) is 0 Å². The summed E-state index contributed by atoms with van der Waals surface area (Å²) in [4.78, 5) is 50.4. The van der Waals surface area contributed by atoms with Crippen LogP contribution in [0, 0.1) is 6.92 Å². The summed E-state index contributed by atoms with van der Waals surface area (Å²) in [5.74, 6) is -4.76. The number of rotatable bonds is 8. The van der Waals surface area contributed by atoms with E-state index in [9.17, 15) is 24.3 Å². The van der Waals surface area contributed by atoms with Crippen molar-refractivity contribution in [1.82, 2.24) is 0 Å². The molecular formula is C25H19Cl2NO7. The third-order valence-corrected chi connectivity index (χ3v) is 5.19. The normalized spacial score (nSPS) is 12.2. The summed E-state index contributed by atoms with van der Waals surface area (Å²) in [7, 11) is 0. The van der Waals surface area contributed by atoms with E-state index < -0.39 is 36.0 Å². The number of carbonyl (C=O) groups is 4. The highest BCUT2D eigenvalue weighted by atomic mass is 35.5. The van der Waals surface area contributed by atoms with Gasteiger partial charge in [-0.15, -0.1) is 0 Å². The molecule has 0 aromatic heterocycles. The molecule has 35 heavy (non-hydrogen) atoms. The standard InChI is InChI=1S/C25H19Cl2NO7/c1-14-3-2-4-19(13-14)28-22(29)20(34-24(32)15-5-9-17(26)10-6-15)21(23(30)31)35-25(33)16-7-11-18(27)12-8-16/h2-13,20-21H,1H3,(H,28,29)(H,30,31)/t20-,21+/m1/s1. The summed E-state index contributed by atoms with van der Waals surface area (Å²) in [5, 5.41) is 13.0. The molecule has 0 radical (unpaired) electrons. The Bertz CT molecular complexity index is 1240. The summed E-state index contributed by atoms with van der Waals surface area (Å²) in [5.41, 5.74) is 1.15. The topological polar surface area (TPSA) is 119 Å². The van der Waals surface area contributed by atoms with Crippen molar-refractivity contribution in [3.05, 3.63) is 99.5 Å². The van der Waals surface area contributed by atoms with Gasteiger partial charge < -0.3 is 19.9 Å². The maximum Gasteiger partial charge on any atom is 0.349 e. The van der Waals surface area contributed by atoms with Crippen LogP contribution >= 0.6 is 23.2 Å². The second-order valence-corrected chi connectivity index (χ2v) is 8.24. The SMILES string of the molecule is Cc1cccc(NC(=O)[C@H](OC(=O)c2ccc(Cl)cc2)[C@H](OC(=O)c2ccc(Cl)cc2)C(=O)O)c1. The smallest absolute Gasteiger partial charge is 0.349 e. The lowest BCUT2D eigenvalue weighted by atomic mass is 10.1. The van der Waals surface area contributed by atoms with Crippen LogP contribution in [0.5, 0.6) is 0 Å². The van der Waals surface area contributed by atoms with Gasteiger partial charge in [-0.1, -0.05) is 35.3 Å². The Morgan fingerprint density at radius 2 is 1.26 bits per heavy atom. The van der Waals surface area contributed by atoms with Crippen molar-refractivity contribution in [2.45, 2.75) is 19.1 Å². The molecule has 3 aromatic rings. The number of hydrogen-bond acceptors (Lipinski definition) is 6. The van der Waals surface area contributed by atoms with Crippen molar-refractivity contribution >= 4 is 52.7 Å². The first-order valence-corrected chi connectivity index (χ1v) is 10.9. The van der Waals surface area contributed by atoms with E-state index in [-0.39, 0.29) is 11.1 Å². The Morgan fingerprint density at radius 3 is 1.71 bits per heavy atom. The number of carboxylic acids is 1. The monoisotopic (exact) mass is 515 g/mol. The first-order chi connectivity index (χ1) is 16.6. The second kappa shape index (κ2) is 11.5. The van der Waals surface area contributed by atoms with Crippen molar-refractivity contribution in [1.29, 1.82) is 0 Å². The van der Waals surface area contributed by atoms with Gasteiger partial charge in [0, 0.05) is 15.7 Å². The van der Waals surface area contributed by atoms with E-state index in [0.717, 1.165) is 5.56 Å². The molecule has 180 valence electrons. The molecule has 0 fully saturated rings. The summed E-state index contributed by atoms with van der Waals surface area (Å²) in [6.45, 7) is 1.79. The van der Waals surface area contributed by atoms with Gasteiger partial charge >= 0.3 is 17.9 Å². The number of aryl methyl sites for hydroxylation is 1. The lowest BCUT2D eigenvalue weighted by Crippen LogP contribution is -2.48. The molecule has 1 amide bonds. The van der Waals surface area contributed by atoms with E-state index in [0.29, 0.717) is 15.7 Å². The summed E-state index contributed by atoms with van der Waals surface area (Å²) < 4.78 is 10.3.